The maximum absolute atomic E-state index is 13.1. The number of nitrogens with one attached hydrogen (secondary N) is 2. The number of allylic oxidation sites excluding steroid dienone is 1. The Kier molecular flexibility index (Phi) is 5.41. The van der Waals surface area contributed by atoms with Crippen molar-refractivity contribution in [2.75, 3.05) is 6.79 Å². The van der Waals surface area contributed by atoms with Gasteiger partial charge in [-0.25, -0.2) is 9.59 Å². The molecular formula is C21H26N2O5. The second-order valence-corrected chi connectivity index (χ2v) is 7.56. The van der Waals surface area contributed by atoms with Gasteiger partial charge in [0.05, 0.1) is 11.6 Å². The minimum Gasteiger partial charge on any atom is -0.459 e. The Morgan fingerprint density at radius 2 is 1.79 bits per heavy atom. The van der Waals surface area contributed by atoms with Gasteiger partial charge in [0.2, 0.25) is 6.79 Å². The van der Waals surface area contributed by atoms with Gasteiger partial charge in [-0.15, -0.1) is 0 Å². The maximum atomic E-state index is 13.1. The predicted molar refractivity (Wildman–Crippen MR) is 102 cm³/mol. The third-order valence-corrected chi connectivity index (χ3v) is 5.54. The molecule has 1 saturated carbocycles. The van der Waals surface area contributed by atoms with E-state index in [4.69, 9.17) is 14.2 Å². The Balaban J connectivity index is 1.57. The van der Waals surface area contributed by atoms with E-state index in [0.29, 0.717) is 22.8 Å². The molecule has 0 aromatic heterocycles. The summed E-state index contributed by atoms with van der Waals surface area (Å²) >= 11 is 0. The fourth-order valence-electron chi connectivity index (χ4n) is 4.06. The van der Waals surface area contributed by atoms with E-state index in [1.165, 1.54) is 19.3 Å². The molecular weight excluding hydrogens is 360 g/mol. The summed E-state index contributed by atoms with van der Waals surface area (Å²) in [7, 11) is 0. The van der Waals surface area contributed by atoms with E-state index in [9.17, 15) is 9.59 Å². The van der Waals surface area contributed by atoms with Gasteiger partial charge in [0, 0.05) is 5.70 Å². The van der Waals surface area contributed by atoms with Crippen LogP contribution in [-0.4, -0.2) is 24.9 Å². The highest BCUT2D eigenvalue weighted by molar-refractivity contribution is 5.95. The molecule has 150 valence electrons. The van der Waals surface area contributed by atoms with Crippen molar-refractivity contribution >= 4 is 12.0 Å². The minimum absolute atomic E-state index is 0.0665. The Labute approximate surface area is 164 Å². The van der Waals surface area contributed by atoms with Gasteiger partial charge < -0.3 is 24.8 Å². The van der Waals surface area contributed by atoms with Crippen LogP contribution in [0.15, 0.2) is 29.5 Å². The number of urea groups is 1. The zero-order chi connectivity index (χ0) is 19.5. The molecule has 28 heavy (non-hydrogen) atoms. The van der Waals surface area contributed by atoms with Gasteiger partial charge in [0.25, 0.3) is 0 Å². The van der Waals surface area contributed by atoms with E-state index >= 15 is 0 Å². The van der Waals surface area contributed by atoms with Crippen molar-refractivity contribution in [1.82, 2.24) is 10.6 Å². The van der Waals surface area contributed by atoms with Gasteiger partial charge >= 0.3 is 12.0 Å². The van der Waals surface area contributed by atoms with Crippen LogP contribution in [0.25, 0.3) is 0 Å². The van der Waals surface area contributed by atoms with Crippen molar-refractivity contribution in [3.63, 3.8) is 0 Å². The molecule has 1 fully saturated rings. The highest BCUT2D eigenvalue weighted by Gasteiger charge is 2.34. The lowest BCUT2D eigenvalue weighted by Gasteiger charge is -2.29. The van der Waals surface area contributed by atoms with Gasteiger partial charge in [-0.1, -0.05) is 25.3 Å². The molecule has 2 aliphatic heterocycles. The van der Waals surface area contributed by atoms with Crippen LogP contribution in [0.2, 0.25) is 0 Å². The predicted octanol–water partition coefficient (Wildman–Crippen LogP) is 3.70. The SMILES string of the molecule is CC1=C(C(=O)OC2CCCCCCC2)C(c2ccc3c(c2)OCO3)NC(=O)N1. The van der Waals surface area contributed by atoms with Crippen LogP contribution in [0.5, 0.6) is 11.5 Å². The number of fused-ring (bicyclic) bond motifs is 1. The summed E-state index contributed by atoms with van der Waals surface area (Å²) in [6.07, 6.45) is 7.52. The van der Waals surface area contributed by atoms with Crippen molar-refractivity contribution in [3.05, 3.63) is 35.0 Å². The number of hydrogen-bond acceptors (Lipinski definition) is 5. The number of benzene rings is 1. The average Bonchev–Trinajstić information content (AvgIpc) is 3.10. The summed E-state index contributed by atoms with van der Waals surface area (Å²) in [5.41, 5.74) is 1.70. The van der Waals surface area contributed by atoms with Crippen LogP contribution < -0.4 is 20.1 Å². The van der Waals surface area contributed by atoms with Gasteiger partial charge in [0.1, 0.15) is 6.10 Å². The molecule has 1 aromatic carbocycles. The van der Waals surface area contributed by atoms with Crippen LogP contribution in [-0.2, 0) is 9.53 Å². The first-order chi connectivity index (χ1) is 13.6. The van der Waals surface area contributed by atoms with Crippen LogP contribution in [0.4, 0.5) is 4.79 Å². The maximum Gasteiger partial charge on any atom is 0.338 e. The molecule has 1 unspecified atom stereocenters. The van der Waals surface area contributed by atoms with E-state index < -0.39 is 6.04 Å². The Bertz CT molecular complexity index is 796. The highest BCUT2D eigenvalue weighted by atomic mass is 16.7. The molecule has 0 bridgehead atoms. The molecule has 1 atom stereocenters. The number of hydrogen-bond donors (Lipinski definition) is 2. The van der Waals surface area contributed by atoms with Crippen molar-refractivity contribution < 1.29 is 23.8 Å². The monoisotopic (exact) mass is 386 g/mol. The van der Waals surface area contributed by atoms with Crippen LogP contribution in [0.1, 0.15) is 63.5 Å². The van der Waals surface area contributed by atoms with Crippen LogP contribution in [0, 0.1) is 0 Å². The molecule has 3 aliphatic rings. The van der Waals surface area contributed by atoms with Crippen LogP contribution >= 0.6 is 0 Å². The topological polar surface area (TPSA) is 85.9 Å². The van der Waals surface area contributed by atoms with E-state index in [1.807, 2.05) is 6.07 Å². The molecule has 4 rings (SSSR count). The number of esters is 1. The normalized spacial score (nSPS) is 22.8. The molecule has 0 saturated heterocycles. The van der Waals surface area contributed by atoms with Gasteiger partial charge in [-0.3, -0.25) is 0 Å². The van der Waals surface area contributed by atoms with Gasteiger partial charge in [-0.2, -0.15) is 0 Å². The summed E-state index contributed by atoms with van der Waals surface area (Å²) in [5.74, 6) is 0.886. The van der Waals surface area contributed by atoms with Gasteiger partial charge in [0.15, 0.2) is 11.5 Å². The molecule has 2 heterocycles. The Hall–Kier alpha value is -2.70. The first kappa shape index (κ1) is 18.7. The smallest absolute Gasteiger partial charge is 0.338 e. The van der Waals surface area contributed by atoms with Crippen molar-refractivity contribution in [2.24, 2.45) is 0 Å². The fourth-order valence-corrected chi connectivity index (χ4v) is 4.06. The number of carbonyl (C=O) groups excluding carboxylic acids is 2. The lowest BCUT2D eigenvalue weighted by Crippen LogP contribution is -2.45. The van der Waals surface area contributed by atoms with Crippen molar-refractivity contribution in [3.8, 4) is 11.5 Å². The first-order valence-electron chi connectivity index (χ1n) is 10.0. The molecule has 0 spiro atoms. The lowest BCUT2D eigenvalue weighted by atomic mass is 9.94. The number of rotatable bonds is 3. The molecule has 7 heteroatoms. The minimum atomic E-state index is -0.593. The fraction of sp³-hybridized carbons (Fsp3) is 0.524. The quantitative estimate of drug-likeness (QED) is 0.774. The number of amides is 2. The van der Waals surface area contributed by atoms with E-state index in [1.54, 1.807) is 19.1 Å². The molecule has 0 radical (unpaired) electrons. The Morgan fingerprint density at radius 3 is 2.57 bits per heavy atom. The zero-order valence-corrected chi connectivity index (χ0v) is 16.1. The molecule has 7 nitrogen and oxygen atoms in total. The van der Waals surface area contributed by atoms with E-state index in [-0.39, 0.29) is 24.9 Å². The van der Waals surface area contributed by atoms with E-state index in [0.717, 1.165) is 31.2 Å². The average molecular weight is 386 g/mol. The number of carbonyl (C=O) groups is 2. The van der Waals surface area contributed by atoms with Crippen LogP contribution in [0.3, 0.4) is 0 Å². The third kappa shape index (κ3) is 3.93. The lowest BCUT2D eigenvalue weighted by molar-refractivity contribution is -0.145. The molecule has 2 N–H and O–H groups in total. The summed E-state index contributed by atoms with van der Waals surface area (Å²) < 4.78 is 16.7. The summed E-state index contributed by atoms with van der Waals surface area (Å²) in [5, 5.41) is 5.53. The largest absolute Gasteiger partial charge is 0.459 e. The second kappa shape index (κ2) is 8.12. The highest BCUT2D eigenvalue weighted by Crippen LogP contribution is 2.37. The molecule has 1 aromatic rings. The first-order valence-corrected chi connectivity index (χ1v) is 10.0. The summed E-state index contributed by atoms with van der Waals surface area (Å²) in [4.78, 5) is 25.1. The third-order valence-electron chi connectivity index (χ3n) is 5.54. The Morgan fingerprint density at radius 1 is 1.07 bits per heavy atom. The van der Waals surface area contributed by atoms with Gasteiger partial charge in [-0.05, 0) is 50.3 Å². The van der Waals surface area contributed by atoms with Crippen molar-refractivity contribution in [1.29, 1.82) is 0 Å². The van der Waals surface area contributed by atoms with E-state index in [2.05, 4.69) is 10.6 Å². The number of ether oxygens (including phenoxy) is 3. The summed E-state index contributed by atoms with van der Waals surface area (Å²) in [6, 6.07) is 4.49. The standard InChI is InChI=1S/C21H26N2O5/c1-13-18(20(24)28-15-7-5-3-2-4-6-8-15)19(23-21(25)22-13)14-9-10-16-17(11-14)27-12-26-16/h9-11,15,19H,2-8,12H2,1H3,(H2,22,23,25). The molecule has 1 aliphatic carbocycles. The second-order valence-electron chi connectivity index (χ2n) is 7.56. The van der Waals surface area contributed by atoms with Crippen molar-refractivity contribution in [2.45, 2.75) is 64.0 Å². The zero-order valence-electron chi connectivity index (χ0n) is 16.1. The summed E-state index contributed by atoms with van der Waals surface area (Å²) in [6.45, 7) is 1.90. The molecule has 2 amide bonds.